The van der Waals surface area contributed by atoms with E-state index in [4.69, 9.17) is 4.74 Å². The minimum absolute atomic E-state index is 0.151. The first-order chi connectivity index (χ1) is 8.27. The van der Waals surface area contributed by atoms with Gasteiger partial charge in [-0.3, -0.25) is 4.79 Å². The van der Waals surface area contributed by atoms with Crippen LogP contribution in [-0.4, -0.2) is 26.0 Å². The molecule has 1 aliphatic carbocycles. The lowest BCUT2D eigenvalue weighted by Crippen LogP contribution is -2.40. The van der Waals surface area contributed by atoms with Crippen LogP contribution in [0.1, 0.15) is 28.8 Å². The van der Waals surface area contributed by atoms with E-state index in [0.717, 1.165) is 49.2 Å². The molecule has 0 radical (unpaired) electrons. The van der Waals surface area contributed by atoms with E-state index >= 15 is 0 Å². The first kappa shape index (κ1) is 10.8. The number of ether oxygens (including phenoxy) is 1. The molecule has 17 heavy (non-hydrogen) atoms. The van der Waals surface area contributed by atoms with Gasteiger partial charge >= 0.3 is 0 Å². The zero-order chi connectivity index (χ0) is 11.9. The fourth-order valence-corrected chi connectivity index (χ4v) is 3.17. The average Bonchev–Trinajstić information content (AvgIpc) is 2.64. The third-order valence-electron chi connectivity index (χ3n) is 4.16. The molecule has 0 saturated carbocycles. The molecule has 1 fully saturated rings. The van der Waals surface area contributed by atoms with Gasteiger partial charge in [0.05, 0.1) is 7.11 Å². The van der Waals surface area contributed by atoms with Crippen molar-refractivity contribution in [1.82, 2.24) is 5.32 Å². The topological polar surface area (TPSA) is 38.3 Å². The van der Waals surface area contributed by atoms with E-state index in [1.807, 2.05) is 18.2 Å². The summed E-state index contributed by atoms with van der Waals surface area (Å²) >= 11 is 0. The number of Topliss-reactive ketones (excluding diaryl/α,β-unsaturated/α-hetero) is 1. The van der Waals surface area contributed by atoms with E-state index in [9.17, 15) is 4.79 Å². The maximum absolute atomic E-state index is 12.6. The second-order valence-electron chi connectivity index (χ2n) is 5.02. The molecule has 3 heteroatoms. The molecule has 1 N–H and O–H groups in total. The van der Waals surface area contributed by atoms with Crippen molar-refractivity contribution in [3.05, 3.63) is 29.3 Å². The highest BCUT2D eigenvalue weighted by molar-refractivity contribution is 6.05. The van der Waals surface area contributed by atoms with E-state index in [-0.39, 0.29) is 5.41 Å². The molecule has 3 rings (SSSR count). The van der Waals surface area contributed by atoms with Gasteiger partial charge in [-0.15, -0.1) is 0 Å². The van der Waals surface area contributed by atoms with Crippen LogP contribution >= 0.6 is 0 Å². The predicted octanol–water partition coefficient (Wildman–Crippen LogP) is 1.80. The molecule has 1 aromatic rings. The van der Waals surface area contributed by atoms with Crippen molar-refractivity contribution in [2.24, 2.45) is 5.41 Å². The SMILES string of the molecule is COc1cccc2c1CC1(CCNCC1)C2=O. The maximum Gasteiger partial charge on any atom is 0.169 e. The number of carbonyl (C=O) groups is 1. The van der Waals surface area contributed by atoms with Crippen molar-refractivity contribution >= 4 is 5.78 Å². The Balaban J connectivity index is 2.04. The van der Waals surface area contributed by atoms with Crippen molar-refractivity contribution in [1.29, 1.82) is 0 Å². The third-order valence-corrected chi connectivity index (χ3v) is 4.16. The van der Waals surface area contributed by atoms with Crippen LogP contribution in [0, 0.1) is 5.41 Å². The lowest BCUT2D eigenvalue weighted by Gasteiger charge is -2.32. The molecule has 0 unspecified atom stereocenters. The Morgan fingerprint density at radius 2 is 2.06 bits per heavy atom. The summed E-state index contributed by atoms with van der Waals surface area (Å²) in [6, 6.07) is 5.80. The summed E-state index contributed by atoms with van der Waals surface area (Å²) in [6.07, 6.45) is 2.75. The van der Waals surface area contributed by atoms with Crippen LogP contribution in [-0.2, 0) is 6.42 Å². The van der Waals surface area contributed by atoms with Crippen LogP contribution in [0.25, 0.3) is 0 Å². The van der Waals surface area contributed by atoms with Gasteiger partial charge in [0.1, 0.15) is 5.75 Å². The number of rotatable bonds is 1. The fourth-order valence-electron chi connectivity index (χ4n) is 3.17. The summed E-state index contributed by atoms with van der Waals surface area (Å²) in [5.74, 6) is 1.19. The summed E-state index contributed by atoms with van der Waals surface area (Å²) in [5.41, 5.74) is 1.84. The minimum Gasteiger partial charge on any atom is -0.496 e. The monoisotopic (exact) mass is 231 g/mol. The van der Waals surface area contributed by atoms with Gasteiger partial charge in [0.2, 0.25) is 0 Å². The zero-order valence-corrected chi connectivity index (χ0v) is 10.1. The molecule has 90 valence electrons. The average molecular weight is 231 g/mol. The van der Waals surface area contributed by atoms with Crippen LogP contribution in [0.4, 0.5) is 0 Å². The molecule has 2 aliphatic rings. The molecule has 1 saturated heterocycles. The number of hydrogen-bond acceptors (Lipinski definition) is 3. The van der Waals surface area contributed by atoms with E-state index in [0.29, 0.717) is 5.78 Å². The first-order valence-electron chi connectivity index (χ1n) is 6.18. The number of nitrogens with one attached hydrogen (secondary N) is 1. The predicted molar refractivity (Wildman–Crippen MR) is 65.6 cm³/mol. The van der Waals surface area contributed by atoms with Gasteiger partial charge < -0.3 is 10.1 Å². The van der Waals surface area contributed by atoms with E-state index < -0.39 is 0 Å². The summed E-state index contributed by atoms with van der Waals surface area (Å²) in [7, 11) is 1.67. The van der Waals surface area contributed by atoms with Crippen LogP contribution < -0.4 is 10.1 Å². The van der Waals surface area contributed by atoms with E-state index in [1.165, 1.54) is 0 Å². The number of fused-ring (bicyclic) bond motifs is 1. The van der Waals surface area contributed by atoms with Crippen molar-refractivity contribution in [3.8, 4) is 5.75 Å². The highest BCUT2D eigenvalue weighted by atomic mass is 16.5. The van der Waals surface area contributed by atoms with Crippen molar-refractivity contribution in [3.63, 3.8) is 0 Å². The lowest BCUT2D eigenvalue weighted by molar-refractivity contribution is 0.0761. The summed E-state index contributed by atoms with van der Waals surface area (Å²) < 4.78 is 5.37. The maximum atomic E-state index is 12.6. The van der Waals surface area contributed by atoms with Gasteiger partial charge in [-0.05, 0) is 38.4 Å². The summed E-state index contributed by atoms with van der Waals surface area (Å²) in [6.45, 7) is 1.89. The molecular weight excluding hydrogens is 214 g/mol. The Kier molecular flexibility index (Phi) is 2.44. The van der Waals surface area contributed by atoms with Crippen LogP contribution in [0.5, 0.6) is 5.75 Å². The highest BCUT2D eigenvalue weighted by Crippen LogP contribution is 2.45. The van der Waals surface area contributed by atoms with Crippen LogP contribution in [0.3, 0.4) is 0 Å². The number of benzene rings is 1. The largest absolute Gasteiger partial charge is 0.496 e. The normalized spacial score (nSPS) is 21.6. The number of carbonyl (C=O) groups excluding carboxylic acids is 1. The van der Waals surface area contributed by atoms with Crippen molar-refractivity contribution in [2.75, 3.05) is 20.2 Å². The smallest absolute Gasteiger partial charge is 0.169 e. The standard InChI is InChI=1S/C14H17NO2/c1-17-12-4-2-3-10-11(12)9-14(13(10)16)5-7-15-8-6-14/h2-4,15H,5-9H2,1H3. The summed E-state index contributed by atoms with van der Waals surface area (Å²) in [5, 5.41) is 3.33. The Bertz CT molecular complexity index is 461. The molecular formula is C14H17NO2. The van der Waals surface area contributed by atoms with Crippen LogP contribution in [0.2, 0.25) is 0 Å². The molecule has 0 aromatic heterocycles. The number of hydrogen-bond donors (Lipinski definition) is 1. The summed E-state index contributed by atoms with van der Waals surface area (Å²) in [4.78, 5) is 12.6. The molecule has 1 aromatic carbocycles. The molecule has 0 amide bonds. The minimum atomic E-state index is -0.151. The van der Waals surface area contributed by atoms with Crippen molar-refractivity contribution in [2.45, 2.75) is 19.3 Å². The Morgan fingerprint density at radius 3 is 2.76 bits per heavy atom. The van der Waals surface area contributed by atoms with Gasteiger partial charge in [0, 0.05) is 16.5 Å². The fraction of sp³-hybridized carbons (Fsp3) is 0.500. The molecule has 1 spiro atoms. The number of methoxy groups -OCH3 is 1. The van der Waals surface area contributed by atoms with E-state index in [2.05, 4.69) is 5.32 Å². The van der Waals surface area contributed by atoms with Gasteiger partial charge in [-0.25, -0.2) is 0 Å². The van der Waals surface area contributed by atoms with Crippen molar-refractivity contribution < 1.29 is 9.53 Å². The Morgan fingerprint density at radius 1 is 1.29 bits per heavy atom. The van der Waals surface area contributed by atoms with Gasteiger partial charge in [-0.1, -0.05) is 12.1 Å². The van der Waals surface area contributed by atoms with Gasteiger partial charge in [-0.2, -0.15) is 0 Å². The number of piperidine rings is 1. The zero-order valence-electron chi connectivity index (χ0n) is 10.1. The van der Waals surface area contributed by atoms with Gasteiger partial charge in [0.25, 0.3) is 0 Å². The quantitative estimate of drug-likeness (QED) is 0.801. The Labute approximate surface area is 101 Å². The molecule has 3 nitrogen and oxygen atoms in total. The Hall–Kier alpha value is -1.35. The molecule has 1 heterocycles. The third kappa shape index (κ3) is 1.49. The van der Waals surface area contributed by atoms with E-state index in [1.54, 1.807) is 7.11 Å². The second kappa shape index (κ2) is 3.84. The lowest BCUT2D eigenvalue weighted by atomic mass is 9.75. The molecule has 0 atom stereocenters. The van der Waals surface area contributed by atoms with Crippen LogP contribution in [0.15, 0.2) is 18.2 Å². The molecule has 0 bridgehead atoms. The van der Waals surface area contributed by atoms with Gasteiger partial charge in [0.15, 0.2) is 5.78 Å². The molecule has 1 aliphatic heterocycles. The number of ketones is 1. The first-order valence-corrected chi connectivity index (χ1v) is 6.18. The second-order valence-corrected chi connectivity index (χ2v) is 5.02. The highest BCUT2D eigenvalue weighted by Gasteiger charge is 2.46.